The zero-order valence-electron chi connectivity index (χ0n) is 10.4. The predicted octanol–water partition coefficient (Wildman–Crippen LogP) is 2.39. The van der Waals surface area contributed by atoms with E-state index in [1.807, 2.05) is 52.1 Å². The van der Waals surface area contributed by atoms with Crippen molar-refractivity contribution in [2.75, 3.05) is 12.4 Å². The van der Waals surface area contributed by atoms with Gasteiger partial charge in [-0.25, -0.2) is 0 Å². The van der Waals surface area contributed by atoms with Crippen molar-refractivity contribution in [3.63, 3.8) is 0 Å². The summed E-state index contributed by atoms with van der Waals surface area (Å²) in [4.78, 5) is 11.7. The smallest absolute Gasteiger partial charge is 0.229 e. The van der Waals surface area contributed by atoms with Crippen LogP contribution in [0.5, 0.6) is 0 Å². The minimum atomic E-state index is -0.357. The van der Waals surface area contributed by atoms with Crippen LogP contribution in [0.2, 0.25) is 0 Å². The predicted molar refractivity (Wildman–Crippen MR) is 67.3 cm³/mol. The summed E-state index contributed by atoms with van der Waals surface area (Å²) < 4.78 is 0. The van der Waals surface area contributed by atoms with Gasteiger partial charge >= 0.3 is 0 Å². The number of anilines is 1. The molecule has 0 aromatic heterocycles. The number of nitrogens with one attached hydrogen (secondary N) is 2. The highest BCUT2D eigenvalue weighted by molar-refractivity contribution is 5.94. The maximum absolute atomic E-state index is 11.7. The highest BCUT2D eigenvalue weighted by Gasteiger charge is 2.20. The molecule has 0 bridgehead atoms. The van der Waals surface area contributed by atoms with Gasteiger partial charge in [-0.15, -0.1) is 0 Å². The maximum Gasteiger partial charge on any atom is 0.229 e. The summed E-state index contributed by atoms with van der Waals surface area (Å²) in [5.74, 6) is 0.0360. The van der Waals surface area contributed by atoms with Gasteiger partial charge in [0.1, 0.15) is 0 Å². The van der Waals surface area contributed by atoms with Crippen molar-refractivity contribution in [3.05, 3.63) is 29.8 Å². The van der Waals surface area contributed by atoms with Gasteiger partial charge < -0.3 is 10.6 Å². The molecule has 3 heteroatoms. The molecule has 1 aromatic carbocycles. The number of hydrogen-bond donors (Lipinski definition) is 2. The summed E-state index contributed by atoms with van der Waals surface area (Å²) in [6.45, 7) is 6.54. The Kier molecular flexibility index (Phi) is 4.07. The molecule has 0 radical (unpaired) electrons. The fraction of sp³-hybridized carbons (Fsp3) is 0.462. The second kappa shape index (κ2) is 5.12. The van der Waals surface area contributed by atoms with E-state index >= 15 is 0 Å². The average molecular weight is 220 g/mol. The number of carbonyl (C=O) groups excluding carboxylic acids is 1. The minimum Gasteiger partial charge on any atom is -0.326 e. The van der Waals surface area contributed by atoms with Crippen molar-refractivity contribution in [1.29, 1.82) is 0 Å². The van der Waals surface area contributed by atoms with E-state index in [0.717, 1.165) is 12.2 Å². The van der Waals surface area contributed by atoms with E-state index in [-0.39, 0.29) is 11.3 Å². The van der Waals surface area contributed by atoms with Crippen LogP contribution in [0.15, 0.2) is 24.3 Å². The topological polar surface area (TPSA) is 41.1 Å². The lowest BCUT2D eigenvalue weighted by molar-refractivity contribution is -0.123. The molecular weight excluding hydrogens is 200 g/mol. The van der Waals surface area contributed by atoms with Gasteiger partial charge in [0.15, 0.2) is 0 Å². The van der Waals surface area contributed by atoms with Gasteiger partial charge in [0, 0.05) is 17.6 Å². The third-order valence-electron chi connectivity index (χ3n) is 2.27. The molecule has 88 valence electrons. The quantitative estimate of drug-likeness (QED) is 0.821. The Hall–Kier alpha value is -1.35. The molecule has 1 amide bonds. The summed E-state index contributed by atoms with van der Waals surface area (Å²) in [7, 11) is 1.91. The summed E-state index contributed by atoms with van der Waals surface area (Å²) in [5.41, 5.74) is 1.69. The van der Waals surface area contributed by atoms with E-state index in [9.17, 15) is 4.79 Å². The molecule has 0 fully saturated rings. The largest absolute Gasteiger partial charge is 0.326 e. The van der Waals surface area contributed by atoms with Crippen LogP contribution in [0.25, 0.3) is 0 Å². The van der Waals surface area contributed by atoms with Crippen LogP contribution in [0.4, 0.5) is 5.69 Å². The first-order valence-electron chi connectivity index (χ1n) is 5.48. The number of rotatable bonds is 3. The van der Waals surface area contributed by atoms with Crippen LogP contribution in [0.1, 0.15) is 26.3 Å². The monoisotopic (exact) mass is 220 g/mol. The van der Waals surface area contributed by atoms with E-state index in [4.69, 9.17) is 0 Å². The fourth-order valence-electron chi connectivity index (χ4n) is 1.23. The summed E-state index contributed by atoms with van der Waals surface area (Å²) in [6.07, 6.45) is 0. The summed E-state index contributed by atoms with van der Waals surface area (Å²) in [6, 6.07) is 7.87. The Labute approximate surface area is 97.2 Å². The van der Waals surface area contributed by atoms with Gasteiger partial charge in [-0.2, -0.15) is 0 Å². The maximum atomic E-state index is 11.7. The Bertz CT molecular complexity index is 349. The molecule has 0 unspecified atom stereocenters. The zero-order chi connectivity index (χ0) is 12.2. The Morgan fingerprint density at radius 3 is 2.19 bits per heavy atom. The standard InChI is InChI=1S/C13H20N2O/c1-13(2,3)12(16)15-11-7-5-10(6-8-11)9-14-4/h5-8,14H,9H2,1-4H3,(H,15,16). The summed E-state index contributed by atoms with van der Waals surface area (Å²) >= 11 is 0. The highest BCUT2D eigenvalue weighted by Crippen LogP contribution is 2.17. The zero-order valence-corrected chi connectivity index (χ0v) is 10.4. The first kappa shape index (κ1) is 12.7. The van der Waals surface area contributed by atoms with Crippen molar-refractivity contribution in [3.8, 4) is 0 Å². The third-order valence-corrected chi connectivity index (χ3v) is 2.27. The number of benzene rings is 1. The van der Waals surface area contributed by atoms with Crippen LogP contribution in [0, 0.1) is 5.41 Å². The molecule has 0 atom stereocenters. The molecule has 0 heterocycles. The number of amides is 1. The molecule has 0 spiro atoms. The van der Waals surface area contributed by atoms with Crippen molar-refractivity contribution in [1.82, 2.24) is 5.32 Å². The highest BCUT2D eigenvalue weighted by atomic mass is 16.2. The minimum absolute atomic E-state index is 0.0360. The number of carbonyl (C=O) groups is 1. The molecule has 0 aliphatic carbocycles. The SMILES string of the molecule is CNCc1ccc(NC(=O)C(C)(C)C)cc1. The van der Waals surface area contributed by atoms with Crippen molar-refractivity contribution >= 4 is 11.6 Å². The van der Waals surface area contributed by atoms with Crippen LogP contribution in [-0.2, 0) is 11.3 Å². The fourth-order valence-corrected chi connectivity index (χ4v) is 1.23. The van der Waals surface area contributed by atoms with Gasteiger partial charge in [0.2, 0.25) is 5.91 Å². The van der Waals surface area contributed by atoms with E-state index in [1.165, 1.54) is 5.56 Å². The third kappa shape index (κ3) is 3.66. The van der Waals surface area contributed by atoms with Crippen molar-refractivity contribution in [2.45, 2.75) is 27.3 Å². The van der Waals surface area contributed by atoms with Gasteiger partial charge in [0.25, 0.3) is 0 Å². The van der Waals surface area contributed by atoms with E-state index in [1.54, 1.807) is 0 Å². The normalized spacial score (nSPS) is 11.2. The molecule has 0 aliphatic rings. The van der Waals surface area contributed by atoms with Crippen LogP contribution in [-0.4, -0.2) is 13.0 Å². The lowest BCUT2D eigenvalue weighted by Crippen LogP contribution is -2.27. The van der Waals surface area contributed by atoms with Crippen molar-refractivity contribution in [2.24, 2.45) is 5.41 Å². The average Bonchev–Trinajstić information content (AvgIpc) is 2.20. The molecular formula is C13H20N2O. The van der Waals surface area contributed by atoms with Gasteiger partial charge in [0.05, 0.1) is 0 Å². The van der Waals surface area contributed by atoms with E-state index in [0.29, 0.717) is 0 Å². The first-order valence-corrected chi connectivity index (χ1v) is 5.48. The van der Waals surface area contributed by atoms with Crippen LogP contribution < -0.4 is 10.6 Å². The molecule has 0 saturated carbocycles. The lowest BCUT2D eigenvalue weighted by Gasteiger charge is -2.17. The van der Waals surface area contributed by atoms with Crippen LogP contribution >= 0.6 is 0 Å². The Morgan fingerprint density at radius 1 is 1.19 bits per heavy atom. The van der Waals surface area contributed by atoms with E-state index in [2.05, 4.69) is 10.6 Å². The van der Waals surface area contributed by atoms with Gasteiger partial charge in [-0.1, -0.05) is 32.9 Å². The molecule has 0 saturated heterocycles. The summed E-state index contributed by atoms with van der Waals surface area (Å²) in [5, 5.41) is 5.97. The second-order valence-electron chi connectivity index (χ2n) is 4.93. The molecule has 2 N–H and O–H groups in total. The molecule has 1 rings (SSSR count). The van der Waals surface area contributed by atoms with Gasteiger partial charge in [-0.3, -0.25) is 4.79 Å². The van der Waals surface area contributed by atoms with E-state index < -0.39 is 0 Å². The Balaban J connectivity index is 2.65. The second-order valence-corrected chi connectivity index (χ2v) is 4.93. The van der Waals surface area contributed by atoms with Crippen LogP contribution in [0.3, 0.4) is 0 Å². The lowest BCUT2D eigenvalue weighted by atomic mass is 9.95. The van der Waals surface area contributed by atoms with Gasteiger partial charge in [-0.05, 0) is 24.7 Å². The van der Waals surface area contributed by atoms with Crippen molar-refractivity contribution < 1.29 is 4.79 Å². The molecule has 3 nitrogen and oxygen atoms in total. The Morgan fingerprint density at radius 2 is 1.75 bits per heavy atom. The molecule has 0 aliphatic heterocycles. The first-order chi connectivity index (χ1) is 7.43. The molecule has 16 heavy (non-hydrogen) atoms. The number of hydrogen-bond acceptors (Lipinski definition) is 2. The molecule has 1 aromatic rings.